The standard InChI is InChI=1S/C15H16N2O2/c1-16-8-4-3-5-11-6-7-12-10-14(15(18)19-2)17-13(12)9-11/h6-7,9-10,16-17H,4,8H2,1-2H3. The first kappa shape index (κ1) is 13.2. The van der Waals surface area contributed by atoms with Gasteiger partial charge in [-0.25, -0.2) is 4.79 Å². The minimum Gasteiger partial charge on any atom is -0.464 e. The third-order valence-electron chi connectivity index (χ3n) is 2.76. The SMILES string of the molecule is CNCCC#Cc1ccc2cc(C(=O)OC)[nH]c2c1. The van der Waals surface area contributed by atoms with E-state index in [0.717, 1.165) is 29.4 Å². The Morgan fingerprint density at radius 3 is 3.00 bits per heavy atom. The van der Waals surface area contributed by atoms with Crippen molar-refractivity contribution in [2.45, 2.75) is 6.42 Å². The van der Waals surface area contributed by atoms with Gasteiger partial charge in [-0.3, -0.25) is 0 Å². The van der Waals surface area contributed by atoms with Crippen LogP contribution in [0.4, 0.5) is 0 Å². The van der Waals surface area contributed by atoms with Crippen molar-refractivity contribution in [3.05, 3.63) is 35.5 Å². The van der Waals surface area contributed by atoms with Gasteiger partial charge >= 0.3 is 5.97 Å². The van der Waals surface area contributed by atoms with E-state index in [1.54, 1.807) is 6.07 Å². The van der Waals surface area contributed by atoms with E-state index in [0.29, 0.717) is 5.69 Å². The third kappa shape index (κ3) is 3.15. The number of ether oxygens (including phenoxy) is 1. The van der Waals surface area contributed by atoms with Crippen LogP contribution in [0.15, 0.2) is 24.3 Å². The highest BCUT2D eigenvalue weighted by Crippen LogP contribution is 2.17. The highest BCUT2D eigenvalue weighted by atomic mass is 16.5. The van der Waals surface area contributed by atoms with Gasteiger partial charge in [0, 0.05) is 29.4 Å². The van der Waals surface area contributed by atoms with Crippen LogP contribution in [0.5, 0.6) is 0 Å². The third-order valence-corrected chi connectivity index (χ3v) is 2.76. The van der Waals surface area contributed by atoms with Crippen LogP contribution in [0.3, 0.4) is 0 Å². The van der Waals surface area contributed by atoms with Gasteiger partial charge < -0.3 is 15.0 Å². The molecule has 0 aliphatic carbocycles. The smallest absolute Gasteiger partial charge is 0.354 e. The van der Waals surface area contributed by atoms with Gasteiger partial charge in [0.1, 0.15) is 5.69 Å². The molecule has 19 heavy (non-hydrogen) atoms. The Kier molecular flexibility index (Phi) is 4.22. The number of methoxy groups -OCH3 is 1. The van der Waals surface area contributed by atoms with Gasteiger partial charge in [0.25, 0.3) is 0 Å². The second-order valence-corrected chi connectivity index (χ2v) is 4.13. The van der Waals surface area contributed by atoms with Gasteiger partial charge in [0.15, 0.2) is 0 Å². The van der Waals surface area contributed by atoms with Gasteiger partial charge in [-0.2, -0.15) is 0 Å². The quantitative estimate of drug-likeness (QED) is 0.501. The Hall–Kier alpha value is -2.25. The molecule has 0 bridgehead atoms. The number of hydrogen-bond acceptors (Lipinski definition) is 3. The molecular formula is C15H16N2O2. The first-order chi connectivity index (χ1) is 9.24. The van der Waals surface area contributed by atoms with Gasteiger partial charge in [-0.15, -0.1) is 0 Å². The van der Waals surface area contributed by atoms with E-state index in [4.69, 9.17) is 0 Å². The monoisotopic (exact) mass is 256 g/mol. The number of fused-ring (bicyclic) bond motifs is 1. The largest absolute Gasteiger partial charge is 0.464 e. The Morgan fingerprint density at radius 2 is 2.26 bits per heavy atom. The van der Waals surface area contributed by atoms with Gasteiger partial charge in [0.2, 0.25) is 0 Å². The summed E-state index contributed by atoms with van der Waals surface area (Å²) in [5, 5.41) is 4.02. The normalized spacial score (nSPS) is 10.0. The zero-order valence-electron chi connectivity index (χ0n) is 11.0. The summed E-state index contributed by atoms with van der Waals surface area (Å²) in [5.74, 6) is 5.82. The van der Waals surface area contributed by atoms with Crippen molar-refractivity contribution in [1.29, 1.82) is 0 Å². The number of esters is 1. The average molecular weight is 256 g/mol. The zero-order chi connectivity index (χ0) is 13.7. The number of H-pyrrole nitrogens is 1. The highest BCUT2D eigenvalue weighted by molar-refractivity contribution is 5.95. The van der Waals surface area contributed by atoms with E-state index >= 15 is 0 Å². The number of aromatic amines is 1. The lowest BCUT2D eigenvalue weighted by Gasteiger charge is -1.93. The van der Waals surface area contributed by atoms with Crippen molar-refractivity contribution >= 4 is 16.9 Å². The molecule has 0 fully saturated rings. The van der Waals surface area contributed by atoms with Crippen LogP contribution in [0.25, 0.3) is 10.9 Å². The predicted molar refractivity (Wildman–Crippen MR) is 75.1 cm³/mol. The molecule has 4 nitrogen and oxygen atoms in total. The van der Waals surface area contributed by atoms with Crippen LogP contribution in [-0.2, 0) is 4.74 Å². The Morgan fingerprint density at radius 1 is 1.42 bits per heavy atom. The van der Waals surface area contributed by atoms with Crippen LogP contribution >= 0.6 is 0 Å². The maximum absolute atomic E-state index is 11.4. The zero-order valence-corrected chi connectivity index (χ0v) is 11.0. The molecule has 2 N–H and O–H groups in total. The number of carbonyl (C=O) groups is 1. The molecule has 1 aromatic carbocycles. The Labute approximate surface area is 112 Å². The molecule has 1 heterocycles. The lowest BCUT2D eigenvalue weighted by atomic mass is 10.1. The maximum Gasteiger partial charge on any atom is 0.354 e. The fraction of sp³-hybridized carbons (Fsp3) is 0.267. The number of aromatic nitrogens is 1. The molecule has 0 aliphatic heterocycles. The molecule has 0 unspecified atom stereocenters. The maximum atomic E-state index is 11.4. The average Bonchev–Trinajstić information content (AvgIpc) is 2.85. The van der Waals surface area contributed by atoms with Crippen molar-refractivity contribution in [2.24, 2.45) is 0 Å². The van der Waals surface area contributed by atoms with E-state index in [1.807, 2.05) is 25.2 Å². The molecule has 0 saturated heterocycles. The Balaban J connectivity index is 2.24. The number of rotatable bonds is 3. The summed E-state index contributed by atoms with van der Waals surface area (Å²) in [6, 6.07) is 7.61. The number of carbonyl (C=O) groups excluding carboxylic acids is 1. The second-order valence-electron chi connectivity index (χ2n) is 4.13. The number of hydrogen-bond donors (Lipinski definition) is 2. The van der Waals surface area contributed by atoms with Crippen LogP contribution in [0.1, 0.15) is 22.5 Å². The fourth-order valence-corrected chi connectivity index (χ4v) is 1.78. The summed E-state index contributed by atoms with van der Waals surface area (Å²) in [4.78, 5) is 14.5. The molecule has 4 heteroatoms. The van der Waals surface area contributed by atoms with E-state index < -0.39 is 0 Å². The molecule has 0 radical (unpaired) electrons. The molecule has 1 aromatic heterocycles. The van der Waals surface area contributed by atoms with Crippen molar-refractivity contribution in [3.8, 4) is 11.8 Å². The molecule has 0 atom stereocenters. The minimum absolute atomic E-state index is 0.363. The van der Waals surface area contributed by atoms with Crippen LogP contribution < -0.4 is 5.32 Å². The summed E-state index contributed by atoms with van der Waals surface area (Å²) < 4.78 is 4.68. The second kappa shape index (κ2) is 6.07. The topological polar surface area (TPSA) is 54.1 Å². The van der Waals surface area contributed by atoms with E-state index in [2.05, 4.69) is 26.9 Å². The molecular weight excluding hydrogens is 240 g/mol. The van der Waals surface area contributed by atoms with Crippen molar-refractivity contribution in [1.82, 2.24) is 10.3 Å². The molecule has 0 spiro atoms. The van der Waals surface area contributed by atoms with Gasteiger partial charge in [0.05, 0.1) is 7.11 Å². The van der Waals surface area contributed by atoms with Crippen LogP contribution in [0.2, 0.25) is 0 Å². The summed E-state index contributed by atoms with van der Waals surface area (Å²) in [5.41, 5.74) is 2.28. The highest BCUT2D eigenvalue weighted by Gasteiger charge is 2.08. The molecule has 2 rings (SSSR count). The van der Waals surface area contributed by atoms with Crippen molar-refractivity contribution in [2.75, 3.05) is 20.7 Å². The van der Waals surface area contributed by atoms with E-state index in [-0.39, 0.29) is 5.97 Å². The minimum atomic E-state index is -0.363. The van der Waals surface area contributed by atoms with Crippen LogP contribution in [0, 0.1) is 11.8 Å². The van der Waals surface area contributed by atoms with E-state index in [1.165, 1.54) is 7.11 Å². The first-order valence-electron chi connectivity index (χ1n) is 6.09. The first-order valence-corrected chi connectivity index (χ1v) is 6.09. The van der Waals surface area contributed by atoms with Gasteiger partial charge in [-0.1, -0.05) is 17.9 Å². The molecule has 2 aromatic rings. The lowest BCUT2D eigenvalue weighted by molar-refractivity contribution is 0.0595. The van der Waals surface area contributed by atoms with Crippen LogP contribution in [-0.4, -0.2) is 31.7 Å². The molecule has 0 amide bonds. The lowest BCUT2D eigenvalue weighted by Crippen LogP contribution is -2.05. The summed E-state index contributed by atoms with van der Waals surface area (Å²) >= 11 is 0. The predicted octanol–water partition coefficient (Wildman–Crippen LogP) is 1.92. The van der Waals surface area contributed by atoms with E-state index in [9.17, 15) is 4.79 Å². The van der Waals surface area contributed by atoms with Gasteiger partial charge in [-0.05, 0) is 25.2 Å². The summed E-state index contributed by atoms with van der Waals surface area (Å²) in [6.07, 6.45) is 0.812. The summed E-state index contributed by atoms with van der Waals surface area (Å²) in [6.45, 7) is 0.879. The molecule has 98 valence electrons. The number of nitrogens with one attached hydrogen (secondary N) is 2. The van der Waals surface area contributed by atoms with Crippen molar-refractivity contribution in [3.63, 3.8) is 0 Å². The number of benzene rings is 1. The summed E-state index contributed by atoms with van der Waals surface area (Å²) in [7, 11) is 3.27. The fourth-order valence-electron chi connectivity index (χ4n) is 1.78. The Bertz CT molecular complexity index is 647. The molecule has 0 aliphatic rings. The molecule has 0 saturated carbocycles. The van der Waals surface area contributed by atoms with Crippen molar-refractivity contribution < 1.29 is 9.53 Å².